The van der Waals surface area contributed by atoms with Crippen molar-refractivity contribution in [2.75, 3.05) is 29.6 Å². The van der Waals surface area contributed by atoms with Crippen LogP contribution in [0.2, 0.25) is 0 Å². The van der Waals surface area contributed by atoms with Crippen LogP contribution in [0.5, 0.6) is 0 Å². The van der Waals surface area contributed by atoms with Gasteiger partial charge in [-0.25, -0.2) is 9.59 Å². The number of carbonyl (C=O) groups is 10. The fourth-order valence-corrected chi connectivity index (χ4v) is 12.3. The number of esters is 6. The third-order valence-electron chi connectivity index (χ3n) is 14.8. The third-order valence-corrected chi connectivity index (χ3v) is 16.6. The summed E-state index contributed by atoms with van der Waals surface area (Å²) in [5.41, 5.74) is -8.48. The van der Waals surface area contributed by atoms with Gasteiger partial charge in [0.2, 0.25) is 6.10 Å². The van der Waals surface area contributed by atoms with Gasteiger partial charge in [-0.3, -0.25) is 38.4 Å². The molecule has 3 fully saturated rings. The molecule has 3 aromatic carbocycles. The van der Waals surface area contributed by atoms with Crippen LogP contribution in [0.15, 0.2) is 102 Å². The quantitative estimate of drug-likeness (QED) is 0.0689. The van der Waals surface area contributed by atoms with Crippen molar-refractivity contribution in [1.82, 2.24) is 5.32 Å². The molecule has 1 saturated heterocycles. The Bertz CT molecular complexity index is 2860. The number of hydrogen-bond acceptors (Lipinski definition) is 20. The molecule has 1 heterocycles. The molecule has 416 valence electrons. The highest BCUT2D eigenvalue weighted by molar-refractivity contribution is 8.00. The summed E-state index contributed by atoms with van der Waals surface area (Å²) < 4.78 is 43.0. The van der Waals surface area contributed by atoms with E-state index >= 15 is 9.59 Å². The van der Waals surface area contributed by atoms with Crippen LogP contribution < -0.4 is 5.32 Å². The van der Waals surface area contributed by atoms with Crippen molar-refractivity contribution in [1.29, 1.82) is 0 Å². The summed E-state index contributed by atoms with van der Waals surface area (Å²) in [7, 11) is 0. The molecule has 4 N–H and O–H groups in total. The van der Waals surface area contributed by atoms with Crippen LogP contribution in [-0.4, -0.2) is 152 Å². The van der Waals surface area contributed by atoms with E-state index in [2.05, 4.69) is 5.32 Å². The molecule has 0 aromatic heterocycles. The SMILES string of the molecule is CC(=O)O[C@H]1C(=O)[C@]2(C)[C@@H](OC(=O)CSCC(=O)O)C[C@H]3OC[C@@]3(OC(C)=O)[C@H]2[C@H](OC(=O)c2ccccc2)[C@]2(O)C[C@H](OC(=O)[C@H](OC(=O)CSCC(=O)O)[C@@H](NC(=O)c3ccccc3)c3ccccc3)C(C)=C1C2(C)C. The molecule has 23 heteroatoms. The first-order valence-electron chi connectivity index (χ1n) is 24.7. The molecular weight excluding hydrogens is 1060 g/mol. The van der Waals surface area contributed by atoms with Crippen LogP contribution in [0.25, 0.3) is 0 Å². The molecule has 4 aliphatic rings. The van der Waals surface area contributed by atoms with E-state index in [9.17, 15) is 53.7 Å². The van der Waals surface area contributed by atoms with Gasteiger partial charge in [0.25, 0.3) is 5.91 Å². The van der Waals surface area contributed by atoms with E-state index in [1.807, 2.05) is 0 Å². The average molecular weight is 1120 g/mol. The van der Waals surface area contributed by atoms with Crippen LogP contribution in [0.3, 0.4) is 0 Å². The summed E-state index contributed by atoms with van der Waals surface area (Å²) in [6.45, 7) is 7.39. The summed E-state index contributed by atoms with van der Waals surface area (Å²) >= 11 is 1.37. The zero-order valence-corrected chi connectivity index (χ0v) is 45.0. The molecule has 2 saturated carbocycles. The molecule has 11 atom stereocenters. The summed E-state index contributed by atoms with van der Waals surface area (Å²) in [5.74, 6) is -14.4. The number of fused-ring (bicyclic) bond motifs is 5. The number of Topliss-reactive ketones (excluding diaryl/α,β-unsaturated/α-hetero) is 1. The van der Waals surface area contributed by atoms with Crippen LogP contribution in [0.4, 0.5) is 0 Å². The Morgan fingerprint density at radius 3 is 1.83 bits per heavy atom. The van der Waals surface area contributed by atoms with Crippen molar-refractivity contribution in [3.63, 3.8) is 0 Å². The van der Waals surface area contributed by atoms with Crippen LogP contribution in [-0.2, 0) is 71.5 Å². The topological polar surface area (TPSA) is 308 Å². The second-order valence-corrected chi connectivity index (χ2v) is 22.0. The highest BCUT2D eigenvalue weighted by atomic mass is 32.2. The van der Waals surface area contributed by atoms with Gasteiger partial charge in [-0.1, -0.05) is 80.6 Å². The van der Waals surface area contributed by atoms with Gasteiger partial charge in [-0.2, -0.15) is 0 Å². The number of ether oxygens (including phenoxy) is 7. The number of thioether (sulfide) groups is 2. The van der Waals surface area contributed by atoms with Crippen molar-refractivity contribution in [2.45, 2.75) is 108 Å². The van der Waals surface area contributed by atoms with E-state index in [4.69, 9.17) is 33.2 Å². The number of aliphatic carboxylic acids is 2. The molecule has 3 aromatic rings. The smallest absolute Gasteiger partial charge is 0.350 e. The lowest BCUT2D eigenvalue weighted by molar-refractivity contribution is -0.346. The molecule has 1 amide bonds. The van der Waals surface area contributed by atoms with Gasteiger partial charge in [0, 0.05) is 37.7 Å². The number of nitrogens with one attached hydrogen (secondary N) is 1. The minimum absolute atomic E-state index is 0.0217. The van der Waals surface area contributed by atoms with E-state index in [-0.39, 0.29) is 34.3 Å². The number of amides is 1. The fraction of sp³-hybridized carbons (Fsp3) is 0.455. The van der Waals surface area contributed by atoms with Crippen LogP contribution >= 0.6 is 23.5 Å². The van der Waals surface area contributed by atoms with Crippen LogP contribution in [0, 0.1) is 16.7 Å². The molecule has 2 bridgehead atoms. The molecule has 7 rings (SSSR count). The van der Waals surface area contributed by atoms with E-state index in [0.29, 0.717) is 23.5 Å². The Kier molecular flexibility index (Phi) is 17.9. The number of ketones is 1. The Hall–Kier alpha value is -7.08. The number of aliphatic hydroxyl groups is 1. The molecule has 21 nitrogen and oxygen atoms in total. The second-order valence-electron chi connectivity index (χ2n) is 20.1. The van der Waals surface area contributed by atoms with Gasteiger partial charge < -0.3 is 53.8 Å². The van der Waals surface area contributed by atoms with Crippen molar-refractivity contribution in [2.24, 2.45) is 16.7 Å². The lowest BCUT2D eigenvalue weighted by Gasteiger charge is -2.67. The molecule has 1 aliphatic heterocycles. The maximum absolute atomic E-state index is 16.2. The Morgan fingerprint density at radius 1 is 0.731 bits per heavy atom. The number of hydrogen-bond donors (Lipinski definition) is 4. The largest absolute Gasteiger partial charge is 0.481 e. The summed E-state index contributed by atoms with van der Waals surface area (Å²) in [6.07, 6.45) is -11.7. The van der Waals surface area contributed by atoms with Crippen molar-refractivity contribution in [3.8, 4) is 0 Å². The standard InChI is InChI=1S/C55H59NO20S2/c1-29-35(72-51(68)45(74-41(64)27-78-25-39(61)62)43(32-16-10-7-11-17-32)56-49(66)33-18-12-8-13-19-33)23-55(69)48(75-50(67)34-20-14-9-15-21-34)46-53(6,47(65)44(71-30(2)57)42(29)52(55,4)5)36(73-40(63)26-77-24-38(59)60)22-37-54(46,28-70-37)76-31(3)58/h7-21,35-37,43-46,48,69H,22-28H2,1-6H3,(H,56,66)(H,59,60)(H,61,62)/t35-,36-,37+,43-,44+,45+,46-,48-,53+,54-,55+/m0/s1. The second kappa shape index (κ2) is 23.9. The lowest BCUT2D eigenvalue weighted by atomic mass is 9.44. The predicted octanol–water partition coefficient (Wildman–Crippen LogP) is 4.47. The molecule has 0 spiro atoms. The average Bonchev–Trinajstić information content (AvgIpc) is 3.42. The van der Waals surface area contributed by atoms with Gasteiger partial charge in [0.1, 0.15) is 36.1 Å². The normalized spacial score (nSPS) is 27.4. The van der Waals surface area contributed by atoms with Gasteiger partial charge in [0.15, 0.2) is 17.5 Å². The Morgan fingerprint density at radius 2 is 1.29 bits per heavy atom. The molecule has 0 radical (unpaired) electrons. The maximum Gasteiger partial charge on any atom is 0.350 e. The summed E-state index contributed by atoms with van der Waals surface area (Å²) in [5, 5.41) is 35.5. The molecule has 0 unspecified atom stereocenters. The number of rotatable bonds is 20. The molecular formula is C55H59NO20S2. The number of carbonyl (C=O) groups excluding carboxylic acids is 8. The van der Waals surface area contributed by atoms with Crippen molar-refractivity contribution in [3.05, 3.63) is 119 Å². The van der Waals surface area contributed by atoms with Gasteiger partial charge in [-0.05, 0) is 54.8 Å². The minimum atomic E-state index is -2.61. The van der Waals surface area contributed by atoms with Gasteiger partial charge >= 0.3 is 47.8 Å². The number of carboxylic acids is 2. The van der Waals surface area contributed by atoms with E-state index in [0.717, 1.165) is 13.8 Å². The summed E-state index contributed by atoms with van der Waals surface area (Å²) in [6, 6.07) is 21.8. The zero-order valence-electron chi connectivity index (χ0n) is 43.3. The number of carboxylic acid groups (broad SMARTS) is 2. The fourth-order valence-electron chi connectivity index (χ4n) is 11.2. The van der Waals surface area contributed by atoms with Gasteiger partial charge in [-0.15, -0.1) is 23.5 Å². The Balaban J connectivity index is 1.44. The van der Waals surface area contributed by atoms with E-state index < -0.39 is 166 Å². The number of benzene rings is 3. The maximum atomic E-state index is 16.2. The van der Waals surface area contributed by atoms with Crippen molar-refractivity contribution >= 4 is 83.0 Å². The van der Waals surface area contributed by atoms with E-state index in [1.165, 1.54) is 52.0 Å². The zero-order chi connectivity index (χ0) is 56.9. The third kappa shape index (κ3) is 11.8. The van der Waals surface area contributed by atoms with Gasteiger partial charge in [0.05, 0.1) is 46.5 Å². The summed E-state index contributed by atoms with van der Waals surface area (Å²) in [4.78, 5) is 137. The predicted molar refractivity (Wildman–Crippen MR) is 275 cm³/mol. The first kappa shape index (κ1) is 58.6. The monoisotopic (exact) mass is 1120 g/mol. The van der Waals surface area contributed by atoms with Crippen molar-refractivity contribution < 1.29 is 96.4 Å². The molecule has 78 heavy (non-hydrogen) atoms. The highest BCUT2D eigenvalue weighted by Crippen LogP contribution is 2.65. The highest BCUT2D eigenvalue weighted by Gasteiger charge is 2.79. The first-order chi connectivity index (χ1) is 36.8. The minimum Gasteiger partial charge on any atom is -0.481 e. The lowest BCUT2D eigenvalue weighted by Crippen LogP contribution is -2.82. The first-order valence-corrected chi connectivity index (χ1v) is 27.0. The molecule has 3 aliphatic carbocycles. The Labute approximate surface area is 456 Å². The van der Waals surface area contributed by atoms with Crippen LogP contribution in [0.1, 0.15) is 86.7 Å². The van der Waals surface area contributed by atoms with E-state index in [1.54, 1.807) is 66.7 Å².